The minimum Gasteiger partial charge on any atom is -0.478 e. The summed E-state index contributed by atoms with van der Waals surface area (Å²) in [6.07, 6.45) is 0.263. The van der Waals surface area contributed by atoms with E-state index in [1.54, 1.807) is 28.4 Å². The van der Waals surface area contributed by atoms with Gasteiger partial charge in [-0.2, -0.15) is 0 Å². The Balaban J connectivity index is 1.94. The molecule has 0 bridgehead atoms. The van der Waals surface area contributed by atoms with Crippen LogP contribution in [0.1, 0.15) is 20.8 Å². The van der Waals surface area contributed by atoms with Gasteiger partial charge in [-0.3, -0.25) is 4.79 Å². The first-order chi connectivity index (χ1) is 9.56. The molecule has 102 valence electrons. The van der Waals surface area contributed by atoms with E-state index >= 15 is 0 Å². The largest absolute Gasteiger partial charge is 0.478 e. The number of nitrogens with zero attached hydrogens (tertiary/aromatic N) is 1. The van der Waals surface area contributed by atoms with E-state index in [2.05, 4.69) is 15.9 Å². The fourth-order valence-electron chi connectivity index (χ4n) is 2.27. The zero-order valence-corrected chi connectivity index (χ0v) is 12.7. The summed E-state index contributed by atoms with van der Waals surface area (Å²) in [4.78, 5) is 25.9. The molecule has 3 rings (SSSR count). The van der Waals surface area contributed by atoms with Crippen molar-refractivity contribution in [2.24, 2.45) is 0 Å². The number of fused-ring (bicyclic) bond motifs is 1. The molecule has 1 aliphatic heterocycles. The first-order valence-corrected chi connectivity index (χ1v) is 7.62. The molecule has 4 nitrogen and oxygen atoms in total. The zero-order chi connectivity index (χ0) is 14.3. The monoisotopic (exact) mass is 351 g/mol. The predicted molar refractivity (Wildman–Crippen MR) is 80.3 cm³/mol. The molecule has 0 fully saturated rings. The van der Waals surface area contributed by atoms with Crippen LogP contribution in [0.2, 0.25) is 0 Å². The van der Waals surface area contributed by atoms with Gasteiger partial charge >= 0.3 is 5.97 Å². The number of thiophene rings is 1. The van der Waals surface area contributed by atoms with E-state index in [4.69, 9.17) is 5.11 Å². The maximum absolute atomic E-state index is 12.1. The van der Waals surface area contributed by atoms with Gasteiger partial charge in [-0.1, -0.05) is 0 Å². The maximum atomic E-state index is 12.1. The molecule has 0 atom stereocenters. The van der Waals surface area contributed by atoms with Gasteiger partial charge in [0.2, 0.25) is 5.91 Å². The number of carboxylic acid groups (broad SMARTS) is 1. The Morgan fingerprint density at radius 3 is 2.85 bits per heavy atom. The van der Waals surface area contributed by atoms with Crippen molar-refractivity contribution >= 4 is 44.8 Å². The Bertz CT molecular complexity index is 710. The molecular weight excluding hydrogens is 342 g/mol. The molecule has 6 heteroatoms. The molecule has 0 saturated carbocycles. The molecule has 1 N–H and O–H groups in total. The smallest absolute Gasteiger partial charge is 0.335 e. The number of benzene rings is 1. The van der Waals surface area contributed by atoms with Gasteiger partial charge in [0.05, 0.1) is 18.5 Å². The minimum absolute atomic E-state index is 0.00263. The van der Waals surface area contributed by atoms with Crippen LogP contribution < -0.4 is 4.90 Å². The lowest BCUT2D eigenvalue weighted by atomic mass is 10.1. The van der Waals surface area contributed by atoms with Crippen LogP contribution in [0, 0.1) is 0 Å². The Morgan fingerprint density at radius 2 is 2.20 bits per heavy atom. The van der Waals surface area contributed by atoms with Gasteiger partial charge in [-0.25, -0.2) is 4.79 Å². The van der Waals surface area contributed by atoms with Gasteiger partial charge in [0.15, 0.2) is 0 Å². The van der Waals surface area contributed by atoms with Crippen molar-refractivity contribution < 1.29 is 14.7 Å². The van der Waals surface area contributed by atoms with Gasteiger partial charge in [0.25, 0.3) is 0 Å². The molecule has 0 saturated heterocycles. The van der Waals surface area contributed by atoms with Crippen molar-refractivity contribution in [3.05, 3.63) is 50.1 Å². The van der Waals surface area contributed by atoms with Gasteiger partial charge < -0.3 is 10.0 Å². The number of aromatic carboxylic acids is 1. The molecule has 1 aromatic heterocycles. The van der Waals surface area contributed by atoms with Crippen LogP contribution in [-0.2, 0) is 17.8 Å². The predicted octanol–water partition coefficient (Wildman–Crippen LogP) is 3.30. The first kappa shape index (κ1) is 13.3. The lowest BCUT2D eigenvalue weighted by molar-refractivity contribution is -0.117. The van der Waals surface area contributed by atoms with Gasteiger partial charge in [-0.05, 0) is 51.1 Å². The topological polar surface area (TPSA) is 57.6 Å². The molecule has 0 unspecified atom stereocenters. The number of amides is 1. The zero-order valence-electron chi connectivity index (χ0n) is 10.3. The van der Waals surface area contributed by atoms with E-state index in [0.717, 1.165) is 20.6 Å². The van der Waals surface area contributed by atoms with Gasteiger partial charge in [0, 0.05) is 15.0 Å². The third-order valence-corrected chi connectivity index (χ3v) is 5.16. The Hall–Kier alpha value is -1.66. The molecular formula is C14H10BrNO3S. The van der Waals surface area contributed by atoms with E-state index in [9.17, 15) is 9.59 Å². The van der Waals surface area contributed by atoms with Crippen molar-refractivity contribution in [3.8, 4) is 0 Å². The van der Waals surface area contributed by atoms with E-state index in [1.807, 2.05) is 11.4 Å². The summed E-state index contributed by atoms with van der Waals surface area (Å²) in [6, 6.07) is 6.79. The number of carbonyl (C=O) groups is 2. The molecule has 2 aromatic rings. The average molecular weight is 352 g/mol. The van der Waals surface area contributed by atoms with Gasteiger partial charge in [0.1, 0.15) is 0 Å². The quantitative estimate of drug-likeness (QED) is 0.922. The first-order valence-electron chi connectivity index (χ1n) is 5.94. The highest BCUT2D eigenvalue weighted by Crippen LogP contribution is 2.33. The van der Waals surface area contributed by atoms with Crippen molar-refractivity contribution in [3.63, 3.8) is 0 Å². The molecule has 0 aliphatic carbocycles. The van der Waals surface area contributed by atoms with Crippen LogP contribution in [-0.4, -0.2) is 17.0 Å². The summed E-state index contributed by atoms with van der Waals surface area (Å²) in [7, 11) is 0. The number of halogens is 1. The van der Waals surface area contributed by atoms with E-state index in [1.165, 1.54) is 6.07 Å². The van der Waals surface area contributed by atoms with E-state index in [0.29, 0.717) is 6.54 Å². The van der Waals surface area contributed by atoms with E-state index in [-0.39, 0.29) is 17.9 Å². The summed E-state index contributed by atoms with van der Waals surface area (Å²) in [6.45, 7) is 0.510. The Labute approximate surface area is 127 Å². The summed E-state index contributed by atoms with van der Waals surface area (Å²) < 4.78 is 0.992. The summed E-state index contributed by atoms with van der Waals surface area (Å²) >= 11 is 5.05. The second-order valence-corrected chi connectivity index (χ2v) is 6.35. The highest BCUT2D eigenvalue weighted by molar-refractivity contribution is 9.10. The average Bonchev–Trinajstić information content (AvgIpc) is 2.94. The summed E-state index contributed by atoms with van der Waals surface area (Å²) in [5.41, 5.74) is 1.80. The van der Waals surface area contributed by atoms with Crippen molar-refractivity contribution in [2.45, 2.75) is 13.0 Å². The van der Waals surface area contributed by atoms with E-state index < -0.39 is 5.97 Å². The molecule has 1 aliphatic rings. The van der Waals surface area contributed by atoms with Gasteiger partial charge in [-0.15, -0.1) is 11.3 Å². The second kappa shape index (κ2) is 5.03. The van der Waals surface area contributed by atoms with Crippen LogP contribution >= 0.6 is 27.3 Å². The lowest BCUT2D eigenvalue weighted by Crippen LogP contribution is -2.25. The molecule has 0 spiro atoms. The molecule has 1 amide bonds. The van der Waals surface area contributed by atoms with Crippen LogP contribution in [0.25, 0.3) is 0 Å². The molecule has 1 aromatic carbocycles. The fourth-order valence-corrected chi connectivity index (χ4v) is 3.74. The van der Waals surface area contributed by atoms with Crippen LogP contribution in [0.15, 0.2) is 34.1 Å². The highest BCUT2D eigenvalue weighted by Gasteiger charge is 2.28. The standard InChI is InChI=1S/C14H10BrNO3S/c15-10-3-4-20-12(10)7-16-11-2-1-8(14(18)19)5-9(11)6-13(16)17/h1-5H,6-7H2,(H,18,19). The number of carboxylic acids is 1. The minimum atomic E-state index is -0.972. The van der Waals surface area contributed by atoms with Crippen molar-refractivity contribution in [1.29, 1.82) is 0 Å². The number of hydrogen-bond acceptors (Lipinski definition) is 3. The highest BCUT2D eigenvalue weighted by atomic mass is 79.9. The van der Waals surface area contributed by atoms with Crippen LogP contribution in [0.5, 0.6) is 0 Å². The number of rotatable bonds is 3. The fraction of sp³-hybridized carbons (Fsp3) is 0.143. The number of hydrogen-bond donors (Lipinski definition) is 1. The lowest BCUT2D eigenvalue weighted by Gasteiger charge is -2.17. The second-order valence-electron chi connectivity index (χ2n) is 4.50. The third kappa shape index (κ3) is 2.25. The number of carbonyl (C=O) groups excluding carboxylic acids is 1. The molecule has 2 heterocycles. The third-order valence-electron chi connectivity index (χ3n) is 3.25. The molecule has 20 heavy (non-hydrogen) atoms. The number of anilines is 1. The Morgan fingerprint density at radius 1 is 1.40 bits per heavy atom. The van der Waals surface area contributed by atoms with Crippen LogP contribution in [0.3, 0.4) is 0 Å². The molecule has 0 radical (unpaired) electrons. The van der Waals surface area contributed by atoms with Crippen molar-refractivity contribution in [2.75, 3.05) is 4.90 Å². The SMILES string of the molecule is O=C(O)c1ccc2c(c1)CC(=O)N2Cc1sccc1Br. The maximum Gasteiger partial charge on any atom is 0.335 e. The van der Waals surface area contributed by atoms with Crippen LogP contribution in [0.4, 0.5) is 5.69 Å². The normalized spacial score (nSPS) is 13.7. The summed E-state index contributed by atoms with van der Waals surface area (Å²) in [5, 5.41) is 11.0. The summed E-state index contributed by atoms with van der Waals surface area (Å²) in [5.74, 6) is -0.970. The Kier molecular flexibility index (Phi) is 3.35. The van der Waals surface area contributed by atoms with Crippen molar-refractivity contribution in [1.82, 2.24) is 0 Å².